The maximum atomic E-state index is 11.8. The first-order chi connectivity index (χ1) is 15.5. The number of nitrogens with zero attached hydrogens (tertiary/aromatic N) is 5. The van der Waals surface area contributed by atoms with Gasteiger partial charge in [0.05, 0.1) is 23.5 Å². The summed E-state index contributed by atoms with van der Waals surface area (Å²) in [4.78, 5) is 20.7. The fourth-order valence-electron chi connectivity index (χ4n) is 4.47. The minimum Gasteiger partial charge on any atom is -0.478 e. The van der Waals surface area contributed by atoms with Crippen LogP contribution in [-0.2, 0) is 6.42 Å². The van der Waals surface area contributed by atoms with E-state index in [0.29, 0.717) is 17.5 Å². The summed E-state index contributed by atoms with van der Waals surface area (Å²) in [6, 6.07) is 12.0. The number of carboxylic acids is 1. The molecule has 7 heteroatoms. The normalized spacial score (nSPS) is 17.0. The molecular weight excluding hydrogens is 402 g/mol. The quantitative estimate of drug-likeness (QED) is 0.587. The Labute approximate surface area is 189 Å². The summed E-state index contributed by atoms with van der Waals surface area (Å²) < 4.78 is 2.14. The second-order valence-electron chi connectivity index (χ2n) is 8.73. The number of benzene rings is 1. The predicted molar refractivity (Wildman–Crippen MR) is 125 cm³/mol. The van der Waals surface area contributed by atoms with E-state index in [9.17, 15) is 9.90 Å². The number of aromatic carboxylic acids is 1. The largest absolute Gasteiger partial charge is 0.478 e. The van der Waals surface area contributed by atoms with E-state index in [4.69, 9.17) is 5.10 Å². The lowest BCUT2D eigenvalue weighted by atomic mass is 9.98. The Morgan fingerprint density at radius 1 is 1.19 bits per heavy atom. The highest BCUT2D eigenvalue weighted by Gasteiger charge is 2.26. The number of likely N-dealkylation sites (N-methyl/N-ethyl adjacent to an activating group) is 1. The minimum atomic E-state index is -0.928. The van der Waals surface area contributed by atoms with Crippen LogP contribution in [0.4, 0.5) is 0 Å². The van der Waals surface area contributed by atoms with Gasteiger partial charge in [0, 0.05) is 44.0 Å². The lowest BCUT2D eigenvalue weighted by molar-refractivity contribution is 0.0695. The number of carboxylic acid groups (broad SMARTS) is 1. The molecule has 0 bridgehead atoms. The average Bonchev–Trinajstić information content (AvgIpc) is 3.22. The zero-order valence-corrected chi connectivity index (χ0v) is 18.8. The van der Waals surface area contributed by atoms with Crippen LogP contribution in [-0.4, -0.2) is 75.9 Å². The lowest BCUT2D eigenvalue weighted by Gasteiger charge is -2.34. The van der Waals surface area contributed by atoms with Crippen LogP contribution in [0.15, 0.2) is 55.0 Å². The molecule has 2 aromatic heterocycles. The molecule has 1 aliphatic heterocycles. The number of piperidine rings is 1. The molecule has 0 radical (unpaired) electrons. The van der Waals surface area contributed by atoms with E-state index in [1.54, 1.807) is 12.3 Å². The first-order valence-electron chi connectivity index (χ1n) is 11.2. The molecule has 4 rings (SSSR count). The van der Waals surface area contributed by atoms with E-state index in [-0.39, 0.29) is 6.04 Å². The Hall–Kier alpha value is -3.03. The van der Waals surface area contributed by atoms with Crippen molar-refractivity contribution in [3.8, 4) is 11.1 Å². The molecule has 3 aromatic rings. The zero-order valence-electron chi connectivity index (χ0n) is 18.8. The standard InChI is InChI=1S/C25H31N5O2/c1-28(2)13-14-29-12-6-9-21(18-29)30-24(15-20-16-26-11-10-22(20)25(31)32)23(17-27-30)19-7-4-3-5-8-19/h3-5,7-8,10-11,16-17,21H,6,9,12-15,18H2,1-2H3,(H,31,32). The molecule has 0 aliphatic carbocycles. The van der Waals surface area contributed by atoms with Gasteiger partial charge in [-0.1, -0.05) is 30.3 Å². The van der Waals surface area contributed by atoms with Gasteiger partial charge in [-0.15, -0.1) is 0 Å². The third kappa shape index (κ3) is 5.06. The molecule has 0 saturated carbocycles. The number of hydrogen-bond donors (Lipinski definition) is 1. The second kappa shape index (κ2) is 10.1. The molecule has 1 aromatic carbocycles. The SMILES string of the molecule is CN(C)CCN1CCCC(n2ncc(-c3ccccc3)c2Cc2cnccc2C(=O)O)C1. The first-order valence-corrected chi connectivity index (χ1v) is 11.2. The topological polar surface area (TPSA) is 74.5 Å². The fraction of sp³-hybridized carbons (Fsp3) is 0.400. The number of hydrogen-bond acceptors (Lipinski definition) is 5. The molecule has 0 spiro atoms. The van der Waals surface area contributed by atoms with Crippen molar-refractivity contribution in [2.24, 2.45) is 0 Å². The van der Waals surface area contributed by atoms with Gasteiger partial charge in [0.15, 0.2) is 0 Å². The molecule has 1 aliphatic rings. The number of pyridine rings is 1. The van der Waals surface area contributed by atoms with Gasteiger partial charge in [-0.2, -0.15) is 5.10 Å². The Morgan fingerprint density at radius 3 is 2.75 bits per heavy atom. The summed E-state index contributed by atoms with van der Waals surface area (Å²) >= 11 is 0. The van der Waals surface area contributed by atoms with Crippen LogP contribution in [0.25, 0.3) is 11.1 Å². The van der Waals surface area contributed by atoms with Crippen LogP contribution in [0, 0.1) is 0 Å². The third-order valence-electron chi connectivity index (χ3n) is 6.17. The van der Waals surface area contributed by atoms with Crippen molar-refractivity contribution in [2.75, 3.05) is 40.3 Å². The Balaban J connectivity index is 1.69. The van der Waals surface area contributed by atoms with Crippen LogP contribution in [0.2, 0.25) is 0 Å². The highest BCUT2D eigenvalue weighted by molar-refractivity contribution is 5.89. The maximum absolute atomic E-state index is 11.8. The van der Waals surface area contributed by atoms with E-state index in [2.05, 4.69) is 45.7 Å². The molecule has 1 unspecified atom stereocenters. The summed E-state index contributed by atoms with van der Waals surface area (Å²) in [5, 5.41) is 14.5. The van der Waals surface area contributed by atoms with Gasteiger partial charge in [0.2, 0.25) is 0 Å². The summed E-state index contributed by atoms with van der Waals surface area (Å²) in [7, 11) is 4.21. The molecule has 32 heavy (non-hydrogen) atoms. The summed E-state index contributed by atoms with van der Waals surface area (Å²) in [5.74, 6) is -0.928. The minimum absolute atomic E-state index is 0.267. The van der Waals surface area contributed by atoms with E-state index in [1.807, 2.05) is 24.4 Å². The lowest BCUT2D eigenvalue weighted by Crippen LogP contribution is -2.40. The van der Waals surface area contributed by atoms with E-state index < -0.39 is 5.97 Å². The molecular formula is C25H31N5O2. The van der Waals surface area contributed by atoms with E-state index in [0.717, 1.165) is 55.8 Å². The Kier molecular flexibility index (Phi) is 6.97. The molecule has 3 heterocycles. The Bertz CT molecular complexity index is 1050. The molecule has 1 N–H and O–H groups in total. The summed E-state index contributed by atoms with van der Waals surface area (Å²) in [5.41, 5.74) is 4.19. The van der Waals surface area contributed by atoms with Gasteiger partial charge in [-0.25, -0.2) is 4.79 Å². The first kappa shape index (κ1) is 22.2. The summed E-state index contributed by atoms with van der Waals surface area (Å²) in [6.07, 6.45) is 7.81. The van der Waals surface area contributed by atoms with Gasteiger partial charge in [0.25, 0.3) is 0 Å². The van der Waals surface area contributed by atoms with Crippen molar-refractivity contribution >= 4 is 5.97 Å². The van der Waals surface area contributed by atoms with Gasteiger partial charge in [-0.3, -0.25) is 14.6 Å². The third-order valence-corrected chi connectivity index (χ3v) is 6.17. The monoisotopic (exact) mass is 433 g/mol. The van der Waals surface area contributed by atoms with Crippen molar-refractivity contribution in [1.82, 2.24) is 24.6 Å². The molecule has 0 amide bonds. The van der Waals surface area contributed by atoms with Crippen LogP contribution in [0.1, 0.15) is 40.5 Å². The fourth-order valence-corrected chi connectivity index (χ4v) is 4.47. The smallest absolute Gasteiger partial charge is 0.336 e. The van der Waals surface area contributed by atoms with Crippen molar-refractivity contribution in [3.63, 3.8) is 0 Å². The second-order valence-corrected chi connectivity index (χ2v) is 8.73. The Morgan fingerprint density at radius 2 is 2.00 bits per heavy atom. The predicted octanol–water partition coefficient (Wildman–Crippen LogP) is 3.43. The number of rotatable bonds is 8. The maximum Gasteiger partial charge on any atom is 0.336 e. The molecule has 168 valence electrons. The summed E-state index contributed by atoms with van der Waals surface area (Å²) in [6.45, 7) is 4.14. The van der Waals surface area contributed by atoms with Crippen molar-refractivity contribution in [3.05, 3.63) is 71.8 Å². The van der Waals surface area contributed by atoms with E-state index in [1.165, 1.54) is 6.20 Å². The average molecular weight is 434 g/mol. The molecule has 7 nitrogen and oxygen atoms in total. The molecule has 1 saturated heterocycles. The van der Waals surface area contributed by atoms with Crippen LogP contribution in [0.3, 0.4) is 0 Å². The van der Waals surface area contributed by atoms with E-state index >= 15 is 0 Å². The van der Waals surface area contributed by atoms with Crippen LogP contribution < -0.4 is 0 Å². The number of likely N-dealkylation sites (tertiary alicyclic amines) is 1. The molecule has 1 fully saturated rings. The van der Waals surface area contributed by atoms with Gasteiger partial charge in [-0.05, 0) is 50.7 Å². The van der Waals surface area contributed by atoms with Crippen molar-refractivity contribution in [2.45, 2.75) is 25.3 Å². The number of carbonyl (C=O) groups is 1. The van der Waals surface area contributed by atoms with Crippen LogP contribution >= 0.6 is 0 Å². The highest BCUT2D eigenvalue weighted by Crippen LogP contribution is 2.31. The molecule has 1 atom stereocenters. The zero-order chi connectivity index (χ0) is 22.5. The van der Waals surface area contributed by atoms with Gasteiger partial charge < -0.3 is 10.0 Å². The van der Waals surface area contributed by atoms with Crippen molar-refractivity contribution in [1.29, 1.82) is 0 Å². The highest BCUT2D eigenvalue weighted by atomic mass is 16.4. The van der Waals surface area contributed by atoms with Gasteiger partial charge in [0.1, 0.15) is 0 Å². The number of aromatic nitrogens is 3. The van der Waals surface area contributed by atoms with Crippen molar-refractivity contribution < 1.29 is 9.90 Å². The van der Waals surface area contributed by atoms with Crippen LogP contribution in [0.5, 0.6) is 0 Å². The van der Waals surface area contributed by atoms with Gasteiger partial charge >= 0.3 is 5.97 Å².